The average molecular weight is 275 g/mol. The summed E-state index contributed by atoms with van der Waals surface area (Å²) in [5.74, 6) is 0.142. The van der Waals surface area contributed by atoms with E-state index in [1.54, 1.807) is 0 Å². The van der Waals surface area contributed by atoms with Crippen molar-refractivity contribution < 1.29 is 4.79 Å². The Labute approximate surface area is 121 Å². The van der Waals surface area contributed by atoms with E-state index in [9.17, 15) is 4.79 Å². The number of piperazine rings is 1. The van der Waals surface area contributed by atoms with E-state index in [1.807, 2.05) is 29.2 Å². The standard InChI is InChI=1S/C16H25N3O/c1-4-10-18(3)15-7-5-14(6-8-15)16(20)19-11-9-17-12-13(19)2/h5-8,13,17H,4,9-12H2,1-3H3/t13-/m1/s1. The minimum absolute atomic E-state index is 0.142. The summed E-state index contributed by atoms with van der Waals surface area (Å²) in [5, 5.41) is 3.31. The maximum absolute atomic E-state index is 12.5. The van der Waals surface area contributed by atoms with E-state index < -0.39 is 0 Å². The zero-order valence-electron chi connectivity index (χ0n) is 12.7. The molecule has 20 heavy (non-hydrogen) atoms. The maximum Gasteiger partial charge on any atom is 0.254 e. The molecule has 0 unspecified atom stereocenters. The molecule has 1 aliphatic heterocycles. The number of benzene rings is 1. The Morgan fingerprint density at radius 1 is 1.40 bits per heavy atom. The summed E-state index contributed by atoms with van der Waals surface area (Å²) in [4.78, 5) is 16.7. The van der Waals surface area contributed by atoms with Gasteiger partial charge < -0.3 is 15.1 Å². The van der Waals surface area contributed by atoms with Crippen LogP contribution in [0.1, 0.15) is 30.6 Å². The van der Waals surface area contributed by atoms with Crippen molar-refractivity contribution in [2.75, 3.05) is 38.1 Å². The molecular weight excluding hydrogens is 250 g/mol. The number of carbonyl (C=O) groups is 1. The second-order valence-corrected chi connectivity index (χ2v) is 5.52. The largest absolute Gasteiger partial charge is 0.375 e. The van der Waals surface area contributed by atoms with Crippen LogP contribution in [0.15, 0.2) is 24.3 Å². The maximum atomic E-state index is 12.5. The van der Waals surface area contributed by atoms with Gasteiger partial charge in [0.05, 0.1) is 0 Å². The molecule has 0 saturated carbocycles. The monoisotopic (exact) mass is 275 g/mol. The fraction of sp³-hybridized carbons (Fsp3) is 0.562. The molecule has 0 bridgehead atoms. The van der Waals surface area contributed by atoms with Gasteiger partial charge in [0.1, 0.15) is 0 Å². The minimum atomic E-state index is 0.142. The van der Waals surface area contributed by atoms with Crippen LogP contribution in [0.5, 0.6) is 0 Å². The van der Waals surface area contributed by atoms with Gasteiger partial charge in [-0.25, -0.2) is 0 Å². The molecule has 0 radical (unpaired) electrons. The summed E-state index contributed by atoms with van der Waals surface area (Å²) < 4.78 is 0. The van der Waals surface area contributed by atoms with E-state index >= 15 is 0 Å². The highest BCUT2D eigenvalue weighted by molar-refractivity contribution is 5.94. The molecule has 1 fully saturated rings. The summed E-state index contributed by atoms with van der Waals surface area (Å²) in [7, 11) is 2.08. The molecule has 0 spiro atoms. The molecule has 1 aliphatic rings. The van der Waals surface area contributed by atoms with Crippen LogP contribution in [-0.4, -0.2) is 50.1 Å². The first-order valence-electron chi connectivity index (χ1n) is 7.46. The summed E-state index contributed by atoms with van der Waals surface area (Å²) in [6.07, 6.45) is 1.12. The average Bonchev–Trinajstić information content (AvgIpc) is 2.47. The van der Waals surface area contributed by atoms with Crippen molar-refractivity contribution in [1.82, 2.24) is 10.2 Å². The van der Waals surface area contributed by atoms with Crippen LogP contribution < -0.4 is 10.2 Å². The van der Waals surface area contributed by atoms with Crippen LogP contribution in [0.25, 0.3) is 0 Å². The lowest BCUT2D eigenvalue weighted by Gasteiger charge is -2.34. The molecule has 110 valence electrons. The Hall–Kier alpha value is -1.55. The van der Waals surface area contributed by atoms with E-state index in [1.165, 1.54) is 0 Å². The normalized spacial score (nSPS) is 18.9. The van der Waals surface area contributed by atoms with E-state index in [0.717, 1.165) is 43.9 Å². The molecule has 4 heteroatoms. The Morgan fingerprint density at radius 2 is 2.10 bits per heavy atom. The van der Waals surface area contributed by atoms with Gasteiger partial charge in [-0.2, -0.15) is 0 Å². The number of carbonyl (C=O) groups excluding carboxylic acids is 1. The molecule has 1 aromatic carbocycles. The van der Waals surface area contributed by atoms with Gasteiger partial charge in [-0.1, -0.05) is 6.92 Å². The first-order valence-corrected chi connectivity index (χ1v) is 7.46. The highest BCUT2D eigenvalue weighted by Crippen LogP contribution is 2.16. The van der Waals surface area contributed by atoms with Crippen LogP contribution in [0.3, 0.4) is 0 Å². The van der Waals surface area contributed by atoms with E-state index in [4.69, 9.17) is 0 Å². The molecule has 1 saturated heterocycles. The lowest BCUT2D eigenvalue weighted by atomic mass is 10.1. The van der Waals surface area contributed by atoms with Gasteiger partial charge in [-0.15, -0.1) is 0 Å². The van der Waals surface area contributed by atoms with Crippen molar-refractivity contribution in [3.8, 4) is 0 Å². The van der Waals surface area contributed by atoms with Crippen molar-refractivity contribution in [3.05, 3.63) is 29.8 Å². The second-order valence-electron chi connectivity index (χ2n) is 5.52. The molecule has 1 N–H and O–H groups in total. The van der Waals surface area contributed by atoms with E-state index in [0.29, 0.717) is 0 Å². The minimum Gasteiger partial charge on any atom is -0.375 e. The lowest BCUT2D eigenvalue weighted by Crippen LogP contribution is -2.52. The first-order chi connectivity index (χ1) is 9.63. The highest BCUT2D eigenvalue weighted by atomic mass is 16.2. The van der Waals surface area contributed by atoms with Crippen molar-refractivity contribution in [2.24, 2.45) is 0 Å². The number of rotatable bonds is 4. The van der Waals surface area contributed by atoms with Gasteiger partial charge in [0.25, 0.3) is 5.91 Å². The van der Waals surface area contributed by atoms with E-state index in [2.05, 4.69) is 31.1 Å². The van der Waals surface area contributed by atoms with Crippen LogP contribution in [-0.2, 0) is 0 Å². The molecule has 0 aromatic heterocycles. The number of nitrogens with one attached hydrogen (secondary N) is 1. The number of hydrogen-bond acceptors (Lipinski definition) is 3. The quantitative estimate of drug-likeness (QED) is 0.912. The highest BCUT2D eigenvalue weighted by Gasteiger charge is 2.23. The summed E-state index contributed by atoms with van der Waals surface area (Å²) in [6, 6.07) is 8.22. The Morgan fingerprint density at radius 3 is 2.70 bits per heavy atom. The number of anilines is 1. The number of nitrogens with zero attached hydrogens (tertiary/aromatic N) is 2. The number of hydrogen-bond donors (Lipinski definition) is 1. The molecular formula is C16H25N3O. The third-order valence-electron chi connectivity index (χ3n) is 3.88. The van der Waals surface area contributed by atoms with Gasteiger partial charge >= 0.3 is 0 Å². The Bertz CT molecular complexity index is 444. The zero-order chi connectivity index (χ0) is 14.5. The zero-order valence-corrected chi connectivity index (χ0v) is 12.7. The summed E-state index contributed by atoms with van der Waals surface area (Å²) in [6.45, 7) is 7.84. The first kappa shape index (κ1) is 14.9. The predicted octanol–water partition coefficient (Wildman–Crippen LogP) is 1.97. The van der Waals surface area contributed by atoms with Gasteiger partial charge in [-0.05, 0) is 37.6 Å². The topological polar surface area (TPSA) is 35.6 Å². The molecule has 0 aliphatic carbocycles. The van der Waals surface area contributed by atoms with Gasteiger partial charge in [0.2, 0.25) is 0 Å². The van der Waals surface area contributed by atoms with Crippen molar-refractivity contribution in [2.45, 2.75) is 26.3 Å². The molecule has 1 atom stereocenters. The van der Waals surface area contributed by atoms with Crippen molar-refractivity contribution in [3.63, 3.8) is 0 Å². The van der Waals surface area contributed by atoms with Crippen molar-refractivity contribution >= 4 is 11.6 Å². The number of amides is 1. The van der Waals surface area contributed by atoms with Crippen LogP contribution >= 0.6 is 0 Å². The van der Waals surface area contributed by atoms with Crippen LogP contribution in [0.4, 0.5) is 5.69 Å². The molecule has 4 nitrogen and oxygen atoms in total. The van der Waals surface area contributed by atoms with Gasteiger partial charge in [-0.3, -0.25) is 4.79 Å². The van der Waals surface area contributed by atoms with Crippen LogP contribution in [0.2, 0.25) is 0 Å². The lowest BCUT2D eigenvalue weighted by molar-refractivity contribution is 0.0656. The molecule has 1 heterocycles. The molecule has 1 amide bonds. The third-order valence-corrected chi connectivity index (χ3v) is 3.88. The molecule has 1 aromatic rings. The van der Waals surface area contributed by atoms with E-state index in [-0.39, 0.29) is 11.9 Å². The Balaban J connectivity index is 2.07. The summed E-state index contributed by atoms with van der Waals surface area (Å²) >= 11 is 0. The Kier molecular flexibility index (Phi) is 5.01. The predicted molar refractivity (Wildman–Crippen MR) is 83.4 cm³/mol. The van der Waals surface area contributed by atoms with Gasteiger partial charge in [0.15, 0.2) is 0 Å². The van der Waals surface area contributed by atoms with Crippen LogP contribution in [0, 0.1) is 0 Å². The fourth-order valence-corrected chi connectivity index (χ4v) is 2.63. The third kappa shape index (κ3) is 3.31. The SMILES string of the molecule is CCCN(C)c1ccc(C(=O)N2CCNC[C@H]2C)cc1. The summed E-state index contributed by atoms with van der Waals surface area (Å²) in [5.41, 5.74) is 1.95. The smallest absolute Gasteiger partial charge is 0.254 e. The van der Waals surface area contributed by atoms with Crippen molar-refractivity contribution in [1.29, 1.82) is 0 Å². The van der Waals surface area contributed by atoms with Gasteiger partial charge in [0, 0.05) is 50.5 Å². The fourth-order valence-electron chi connectivity index (χ4n) is 2.63. The second kappa shape index (κ2) is 6.75. The molecule has 2 rings (SSSR count).